The van der Waals surface area contributed by atoms with Crippen molar-refractivity contribution in [2.24, 2.45) is 0 Å². The van der Waals surface area contributed by atoms with Crippen LogP contribution in [0, 0.1) is 23.0 Å². The Hall–Kier alpha value is -1.84. The molecule has 0 aliphatic heterocycles. The van der Waals surface area contributed by atoms with Gasteiger partial charge in [0.05, 0.1) is 5.56 Å². The molecule has 0 N–H and O–H groups in total. The van der Waals surface area contributed by atoms with E-state index in [1.807, 2.05) is 0 Å². The number of benzene rings is 1. The van der Waals surface area contributed by atoms with E-state index in [0.717, 1.165) is 0 Å². The van der Waals surface area contributed by atoms with Crippen LogP contribution in [0.4, 0.5) is 22.0 Å². The van der Waals surface area contributed by atoms with Gasteiger partial charge in [0.25, 0.3) is 0 Å². The zero-order chi connectivity index (χ0) is 11.6. The second-order valence-corrected chi connectivity index (χ2v) is 2.43. The van der Waals surface area contributed by atoms with E-state index in [2.05, 4.69) is 4.74 Å². The van der Waals surface area contributed by atoms with Crippen LogP contribution < -0.4 is 4.74 Å². The number of alkyl halides is 3. The van der Waals surface area contributed by atoms with Crippen molar-refractivity contribution in [2.45, 2.75) is 6.36 Å². The molecule has 1 rings (SSSR count). The molecular weight excluding hydrogens is 221 g/mol. The summed E-state index contributed by atoms with van der Waals surface area (Å²) in [6.07, 6.45) is -5.02. The van der Waals surface area contributed by atoms with Crippen molar-refractivity contribution in [3.8, 4) is 11.8 Å². The van der Waals surface area contributed by atoms with Crippen molar-refractivity contribution >= 4 is 0 Å². The number of ether oxygens (including phenoxy) is 1. The Kier molecular flexibility index (Phi) is 2.79. The molecule has 0 fully saturated rings. The maximum absolute atomic E-state index is 12.7. The summed E-state index contributed by atoms with van der Waals surface area (Å²) in [5, 5.41) is 8.27. The molecule has 0 radical (unpaired) electrons. The summed E-state index contributed by atoms with van der Waals surface area (Å²) in [7, 11) is 0. The highest BCUT2D eigenvalue weighted by molar-refractivity contribution is 5.38. The molecule has 15 heavy (non-hydrogen) atoms. The standard InChI is InChI=1S/C8H2F5NO/c9-6-2-5(15-8(11,12)13)1-4(3-14)7(6)10/h1-2H. The largest absolute Gasteiger partial charge is 0.573 e. The van der Waals surface area contributed by atoms with Crippen molar-refractivity contribution in [2.75, 3.05) is 0 Å². The minimum absolute atomic E-state index is 0.212. The highest BCUT2D eigenvalue weighted by Crippen LogP contribution is 2.26. The first-order valence-corrected chi connectivity index (χ1v) is 3.48. The zero-order valence-electron chi connectivity index (χ0n) is 6.90. The van der Waals surface area contributed by atoms with E-state index >= 15 is 0 Å². The lowest BCUT2D eigenvalue weighted by Gasteiger charge is -2.09. The van der Waals surface area contributed by atoms with Gasteiger partial charge in [0, 0.05) is 12.1 Å². The van der Waals surface area contributed by atoms with Gasteiger partial charge >= 0.3 is 6.36 Å². The number of hydrogen-bond donors (Lipinski definition) is 0. The Bertz CT molecular complexity index is 420. The van der Waals surface area contributed by atoms with Gasteiger partial charge in [-0.15, -0.1) is 13.2 Å². The van der Waals surface area contributed by atoms with Crippen LogP contribution in [0.2, 0.25) is 0 Å². The zero-order valence-corrected chi connectivity index (χ0v) is 6.90. The molecule has 0 spiro atoms. The molecule has 0 bridgehead atoms. The normalized spacial score (nSPS) is 10.9. The van der Waals surface area contributed by atoms with Crippen molar-refractivity contribution in [1.29, 1.82) is 5.26 Å². The van der Waals surface area contributed by atoms with Gasteiger partial charge in [-0.25, -0.2) is 8.78 Å². The molecule has 0 heterocycles. The fraction of sp³-hybridized carbons (Fsp3) is 0.125. The lowest BCUT2D eigenvalue weighted by Crippen LogP contribution is -2.17. The van der Waals surface area contributed by atoms with Gasteiger partial charge in [-0.1, -0.05) is 0 Å². The van der Waals surface area contributed by atoms with Crippen LogP contribution in [0.3, 0.4) is 0 Å². The molecule has 0 aliphatic rings. The maximum atomic E-state index is 12.7. The van der Waals surface area contributed by atoms with Gasteiger partial charge in [-0.2, -0.15) is 5.26 Å². The summed E-state index contributed by atoms with van der Waals surface area (Å²) in [6.45, 7) is 0. The fourth-order valence-corrected chi connectivity index (χ4v) is 0.838. The molecule has 1 aromatic carbocycles. The summed E-state index contributed by atoms with van der Waals surface area (Å²) >= 11 is 0. The maximum Gasteiger partial charge on any atom is 0.573 e. The topological polar surface area (TPSA) is 33.0 Å². The fourth-order valence-electron chi connectivity index (χ4n) is 0.838. The number of hydrogen-bond acceptors (Lipinski definition) is 2. The van der Waals surface area contributed by atoms with Gasteiger partial charge in [0.2, 0.25) is 0 Å². The summed E-state index contributed by atoms with van der Waals surface area (Å²) in [5.74, 6) is -4.06. The molecule has 0 aliphatic carbocycles. The SMILES string of the molecule is N#Cc1cc(OC(F)(F)F)cc(F)c1F. The molecule has 0 atom stereocenters. The van der Waals surface area contributed by atoms with E-state index in [0.29, 0.717) is 6.07 Å². The second kappa shape index (κ2) is 3.73. The van der Waals surface area contributed by atoms with Crippen LogP contribution in [-0.4, -0.2) is 6.36 Å². The Balaban J connectivity index is 3.13. The summed E-state index contributed by atoms with van der Waals surface area (Å²) in [5.41, 5.74) is -0.853. The predicted octanol–water partition coefficient (Wildman–Crippen LogP) is 2.74. The lowest BCUT2D eigenvalue weighted by molar-refractivity contribution is -0.274. The van der Waals surface area contributed by atoms with E-state index in [4.69, 9.17) is 5.26 Å². The lowest BCUT2D eigenvalue weighted by atomic mass is 10.2. The van der Waals surface area contributed by atoms with Gasteiger partial charge < -0.3 is 4.74 Å². The number of rotatable bonds is 1. The predicted molar refractivity (Wildman–Crippen MR) is 37.8 cm³/mol. The third kappa shape index (κ3) is 2.80. The average molecular weight is 223 g/mol. The molecule has 0 amide bonds. The average Bonchev–Trinajstić information content (AvgIpc) is 2.08. The molecule has 7 heteroatoms. The molecular formula is C8H2F5NO. The molecule has 0 aromatic heterocycles. The van der Waals surface area contributed by atoms with Crippen molar-refractivity contribution < 1.29 is 26.7 Å². The van der Waals surface area contributed by atoms with E-state index in [9.17, 15) is 22.0 Å². The smallest absolute Gasteiger partial charge is 0.406 e. The van der Waals surface area contributed by atoms with Crippen LogP contribution in [0.15, 0.2) is 12.1 Å². The summed E-state index contributed by atoms with van der Waals surface area (Å²) in [4.78, 5) is 0. The van der Waals surface area contributed by atoms with Gasteiger partial charge in [0.15, 0.2) is 11.6 Å². The van der Waals surface area contributed by atoms with Gasteiger partial charge in [0.1, 0.15) is 11.8 Å². The number of halogens is 5. The molecule has 2 nitrogen and oxygen atoms in total. The van der Waals surface area contributed by atoms with Crippen molar-refractivity contribution in [3.63, 3.8) is 0 Å². The summed E-state index contributed by atoms with van der Waals surface area (Å²) < 4.78 is 63.7. The van der Waals surface area contributed by atoms with Crippen LogP contribution in [0.5, 0.6) is 5.75 Å². The third-order valence-electron chi connectivity index (χ3n) is 1.36. The minimum Gasteiger partial charge on any atom is -0.406 e. The van der Waals surface area contributed by atoms with E-state index in [-0.39, 0.29) is 6.07 Å². The van der Waals surface area contributed by atoms with Crippen molar-refractivity contribution in [1.82, 2.24) is 0 Å². The van der Waals surface area contributed by atoms with Gasteiger partial charge in [-0.3, -0.25) is 0 Å². The first-order chi connectivity index (χ1) is 6.83. The Morgan fingerprint density at radius 2 is 1.80 bits per heavy atom. The highest BCUT2D eigenvalue weighted by Gasteiger charge is 2.31. The van der Waals surface area contributed by atoms with E-state index < -0.39 is 29.3 Å². The Morgan fingerprint density at radius 3 is 2.27 bits per heavy atom. The molecule has 0 unspecified atom stereocenters. The third-order valence-corrected chi connectivity index (χ3v) is 1.36. The molecule has 0 saturated carbocycles. The first-order valence-electron chi connectivity index (χ1n) is 3.48. The van der Waals surface area contributed by atoms with E-state index in [1.54, 1.807) is 0 Å². The second-order valence-electron chi connectivity index (χ2n) is 2.43. The first kappa shape index (κ1) is 11.2. The summed E-state index contributed by atoms with van der Waals surface area (Å²) in [6, 6.07) is 1.88. The van der Waals surface area contributed by atoms with Crippen LogP contribution in [-0.2, 0) is 0 Å². The van der Waals surface area contributed by atoms with Crippen molar-refractivity contribution in [3.05, 3.63) is 29.3 Å². The monoisotopic (exact) mass is 223 g/mol. The van der Waals surface area contributed by atoms with E-state index in [1.165, 1.54) is 6.07 Å². The molecule has 0 saturated heterocycles. The molecule has 1 aromatic rings. The van der Waals surface area contributed by atoms with Crippen LogP contribution in [0.25, 0.3) is 0 Å². The van der Waals surface area contributed by atoms with Gasteiger partial charge in [-0.05, 0) is 0 Å². The number of nitrogens with zero attached hydrogens (tertiary/aromatic N) is 1. The number of nitriles is 1. The Labute approximate surface area is 80.5 Å². The molecule has 80 valence electrons. The van der Waals surface area contributed by atoms with Crippen LogP contribution in [0.1, 0.15) is 5.56 Å². The minimum atomic E-state index is -5.02. The van der Waals surface area contributed by atoms with Crippen LogP contribution >= 0.6 is 0 Å². The Morgan fingerprint density at radius 1 is 1.20 bits per heavy atom. The quantitative estimate of drug-likeness (QED) is 0.685. The highest BCUT2D eigenvalue weighted by atomic mass is 19.4.